The van der Waals surface area contributed by atoms with Gasteiger partial charge in [0, 0.05) is 5.92 Å². The van der Waals surface area contributed by atoms with Crippen LogP contribution in [0.15, 0.2) is 0 Å². The second kappa shape index (κ2) is 10.5. The van der Waals surface area contributed by atoms with E-state index in [2.05, 4.69) is 10.1 Å². The Morgan fingerprint density at radius 3 is 2.45 bits per heavy atom. The van der Waals surface area contributed by atoms with Gasteiger partial charge in [-0.1, -0.05) is 6.92 Å². The van der Waals surface area contributed by atoms with Crippen molar-refractivity contribution in [2.75, 3.05) is 26.9 Å². The zero-order chi connectivity index (χ0) is 16.4. The average molecular weight is 317 g/mol. The van der Waals surface area contributed by atoms with E-state index in [1.54, 1.807) is 0 Å². The Morgan fingerprint density at radius 2 is 1.91 bits per heavy atom. The largest absolute Gasteiger partial charge is 0.467 e. The van der Waals surface area contributed by atoms with Gasteiger partial charge in [-0.2, -0.15) is 0 Å². The van der Waals surface area contributed by atoms with Crippen molar-refractivity contribution < 1.29 is 29.2 Å². The number of carbonyl (C=O) groups is 2. The number of amides is 1. The van der Waals surface area contributed by atoms with Gasteiger partial charge in [0.25, 0.3) is 0 Å². The van der Waals surface area contributed by atoms with Gasteiger partial charge in [0.1, 0.15) is 0 Å². The number of nitrogens with one attached hydrogen (secondary N) is 1. The highest BCUT2D eigenvalue weighted by Crippen LogP contribution is 2.29. The number of carbonyl (C=O) groups excluding carboxylic acids is 2. The molecule has 0 aromatic heterocycles. The Balaban J connectivity index is 2.28. The van der Waals surface area contributed by atoms with E-state index in [0.717, 1.165) is 32.1 Å². The molecule has 1 aliphatic rings. The van der Waals surface area contributed by atoms with E-state index in [9.17, 15) is 9.59 Å². The molecular weight excluding hydrogens is 290 g/mol. The molecule has 0 spiro atoms. The van der Waals surface area contributed by atoms with E-state index >= 15 is 0 Å². The van der Waals surface area contributed by atoms with Crippen LogP contribution in [0, 0.1) is 11.8 Å². The Labute approximate surface area is 131 Å². The van der Waals surface area contributed by atoms with Crippen molar-refractivity contribution in [3.05, 3.63) is 0 Å². The molecule has 1 amide bonds. The molecule has 7 heteroatoms. The molecule has 0 aromatic carbocycles. The number of esters is 1. The molecule has 2 N–H and O–H groups in total. The van der Waals surface area contributed by atoms with Crippen molar-refractivity contribution in [1.82, 2.24) is 5.32 Å². The fourth-order valence-corrected chi connectivity index (χ4v) is 2.49. The Hall–Kier alpha value is -1.18. The van der Waals surface area contributed by atoms with Crippen molar-refractivity contribution in [1.29, 1.82) is 0 Å². The van der Waals surface area contributed by atoms with Crippen molar-refractivity contribution in [3.8, 4) is 0 Å². The van der Waals surface area contributed by atoms with Crippen LogP contribution < -0.4 is 5.32 Å². The molecule has 0 aromatic rings. The van der Waals surface area contributed by atoms with Crippen LogP contribution in [0.2, 0.25) is 0 Å². The first-order valence-corrected chi connectivity index (χ1v) is 7.85. The third kappa shape index (κ3) is 6.29. The first-order chi connectivity index (χ1) is 10.6. The second-order valence-electron chi connectivity index (χ2n) is 5.59. The molecule has 1 atom stereocenters. The number of methoxy groups -OCH3 is 1. The normalized spacial score (nSPS) is 22.9. The van der Waals surface area contributed by atoms with Crippen LogP contribution in [0.3, 0.4) is 0 Å². The van der Waals surface area contributed by atoms with Crippen molar-refractivity contribution in [2.45, 2.75) is 45.1 Å². The first kappa shape index (κ1) is 18.9. The quantitative estimate of drug-likeness (QED) is 0.283. The topological polar surface area (TPSA) is 94.1 Å². The van der Waals surface area contributed by atoms with Crippen LogP contribution in [0.1, 0.15) is 39.0 Å². The van der Waals surface area contributed by atoms with E-state index in [1.807, 2.05) is 6.92 Å². The van der Waals surface area contributed by atoms with Crippen LogP contribution in [0.4, 0.5) is 0 Å². The standard InChI is InChI=1S/C15H27NO6/c1-3-8-21-22-10-11-4-6-12(7-5-11)14(18)16-13(9-17)15(19)20-2/h11-13,17H,3-10H2,1-2H3,(H,16,18). The molecule has 0 heterocycles. The van der Waals surface area contributed by atoms with Gasteiger partial charge < -0.3 is 15.2 Å². The predicted octanol–water partition coefficient (Wildman–Crippen LogP) is 0.801. The third-order valence-corrected chi connectivity index (χ3v) is 3.88. The summed E-state index contributed by atoms with van der Waals surface area (Å²) in [5.41, 5.74) is 0. The SMILES string of the molecule is CCCOOCC1CCC(C(=O)NC(CO)C(=O)OC)CC1. The molecule has 7 nitrogen and oxygen atoms in total. The lowest BCUT2D eigenvalue weighted by molar-refractivity contribution is -0.302. The molecule has 1 saturated carbocycles. The number of aliphatic hydroxyl groups excluding tert-OH is 1. The molecule has 0 bridgehead atoms. The molecule has 0 aliphatic heterocycles. The van der Waals surface area contributed by atoms with E-state index < -0.39 is 18.6 Å². The third-order valence-electron chi connectivity index (χ3n) is 3.88. The number of hydrogen-bond acceptors (Lipinski definition) is 6. The first-order valence-electron chi connectivity index (χ1n) is 7.85. The number of aliphatic hydroxyl groups is 1. The summed E-state index contributed by atoms with van der Waals surface area (Å²) in [5, 5.41) is 11.7. The Bertz CT molecular complexity index is 341. The molecule has 0 saturated heterocycles. The van der Waals surface area contributed by atoms with Crippen LogP contribution in [0.5, 0.6) is 0 Å². The fraction of sp³-hybridized carbons (Fsp3) is 0.867. The van der Waals surface area contributed by atoms with Crippen molar-refractivity contribution >= 4 is 11.9 Å². The van der Waals surface area contributed by atoms with E-state index in [4.69, 9.17) is 14.9 Å². The van der Waals surface area contributed by atoms with Crippen LogP contribution in [0.25, 0.3) is 0 Å². The summed E-state index contributed by atoms with van der Waals surface area (Å²) in [5.74, 6) is -0.571. The summed E-state index contributed by atoms with van der Waals surface area (Å²) in [6, 6.07) is -0.985. The lowest BCUT2D eigenvalue weighted by atomic mass is 9.82. The van der Waals surface area contributed by atoms with Gasteiger partial charge in [0.05, 0.1) is 26.9 Å². The molecule has 1 unspecified atom stereocenters. The summed E-state index contributed by atoms with van der Waals surface area (Å²) in [6.07, 6.45) is 4.17. The number of ether oxygens (including phenoxy) is 1. The highest BCUT2D eigenvalue weighted by atomic mass is 17.2. The minimum Gasteiger partial charge on any atom is -0.467 e. The van der Waals surface area contributed by atoms with Crippen LogP contribution in [-0.2, 0) is 24.1 Å². The summed E-state index contributed by atoms with van der Waals surface area (Å²) >= 11 is 0. The summed E-state index contributed by atoms with van der Waals surface area (Å²) in [6.45, 7) is 2.70. The Morgan fingerprint density at radius 1 is 1.23 bits per heavy atom. The fourth-order valence-electron chi connectivity index (χ4n) is 2.49. The zero-order valence-corrected chi connectivity index (χ0v) is 13.4. The van der Waals surface area contributed by atoms with Gasteiger partial charge in [-0.15, -0.1) is 0 Å². The summed E-state index contributed by atoms with van der Waals surface area (Å²) < 4.78 is 4.53. The smallest absolute Gasteiger partial charge is 0.330 e. The molecule has 1 aliphatic carbocycles. The minimum atomic E-state index is -0.985. The second-order valence-corrected chi connectivity index (χ2v) is 5.59. The van der Waals surface area contributed by atoms with Crippen molar-refractivity contribution in [3.63, 3.8) is 0 Å². The van der Waals surface area contributed by atoms with Crippen LogP contribution >= 0.6 is 0 Å². The van der Waals surface area contributed by atoms with Crippen LogP contribution in [-0.4, -0.2) is 50.0 Å². The highest BCUT2D eigenvalue weighted by Gasteiger charge is 2.29. The lowest BCUT2D eigenvalue weighted by Gasteiger charge is -2.28. The maximum absolute atomic E-state index is 12.1. The highest BCUT2D eigenvalue weighted by molar-refractivity contribution is 5.85. The minimum absolute atomic E-state index is 0.133. The summed E-state index contributed by atoms with van der Waals surface area (Å²) in [7, 11) is 1.23. The predicted molar refractivity (Wildman–Crippen MR) is 78.7 cm³/mol. The maximum atomic E-state index is 12.1. The van der Waals surface area contributed by atoms with Gasteiger partial charge in [-0.3, -0.25) is 4.79 Å². The lowest BCUT2D eigenvalue weighted by Crippen LogP contribution is -2.47. The van der Waals surface area contributed by atoms with E-state index in [0.29, 0.717) is 19.1 Å². The zero-order valence-electron chi connectivity index (χ0n) is 13.4. The van der Waals surface area contributed by atoms with Gasteiger partial charge in [0.2, 0.25) is 5.91 Å². The van der Waals surface area contributed by atoms with Crippen molar-refractivity contribution in [2.24, 2.45) is 11.8 Å². The van der Waals surface area contributed by atoms with Gasteiger partial charge >= 0.3 is 5.97 Å². The molecular formula is C15H27NO6. The monoisotopic (exact) mass is 317 g/mol. The molecule has 128 valence electrons. The Kier molecular flexibility index (Phi) is 9.03. The molecule has 22 heavy (non-hydrogen) atoms. The molecule has 1 fully saturated rings. The van der Waals surface area contributed by atoms with Gasteiger partial charge in [-0.25, -0.2) is 14.6 Å². The summed E-state index contributed by atoms with van der Waals surface area (Å²) in [4.78, 5) is 33.6. The van der Waals surface area contributed by atoms with E-state index in [1.165, 1.54) is 7.11 Å². The molecule has 0 radical (unpaired) electrons. The average Bonchev–Trinajstić information content (AvgIpc) is 2.56. The van der Waals surface area contributed by atoms with Gasteiger partial charge in [0.15, 0.2) is 6.04 Å². The van der Waals surface area contributed by atoms with E-state index in [-0.39, 0.29) is 11.8 Å². The van der Waals surface area contributed by atoms with Gasteiger partial charge in [-0.05, 0) is 38.0 Å². The maximum Gasteiger partial charge on any atom is 0.330 e. The number of rotatable bonds is 9. The number of hydrogen-bond donors (Lipinski definition) is 2. The molecule has 1 rings (SSSR count).